The van der Waals surface area contributed by atoms with Crippen molar-refractivity contribution in [1.82, 2.24) is 9.47 Å². The number of benzene rings is 1. The van der Waals surface area contributed by atoms with E-state index < -0.39 is 0 Å². The summed E-state index contributed by atoms with van der Waals surface area (Å²) >= 11 is 0. The third kappa shape index (κ3) is 2.33. The summed E-state index contributed by atoms with van der Waals surface area (Å²) in [6.07, 6.45) is 3.55. The second-order valence-corrected chi connectivity index (χ2v) is 5.78. The first-order valence-electron chi connectivity index (χ1n) is 7.72. The maximum Gasteiger partial charge on any atom is 0.258 e. The summed E-state index contributed by atoms with van der Waals surface area (Å²) in [5.41, 5.74) is 2.42. The normalized spacial score (nSPS) is 18.5. The number of aryl methyl sites for hydroxylation is 1. The molecule has 3 heterocycles. The number of nitrogens with zero attached hydrogens (tertiary/aromatic N) is 2. The zero-order chi connectivity index (χ0) is 15.8. The van der Waals surface area contributed by atoms with Gasteiger partial charge in [0.05, 0.1) is 24.8 Å². The average Bonchev–Trinajstić information content (AvgIpc) is 3.20. The molecule has 5 heteroatoms. The van der Waals surface area contributed by atoms with E-state index >= 15 is 0 Å². The average molecular weight is 310 g/mol. The summed E-state index contributed by atoms with van der Waals surface area (Å²) in [6, 6.07) is 11.6. The van der Waals surface area contributed by atoms with Gasteiger partial charge in [-0.25, -0.2) is 0 Å². The van der Waals surface area contributed by atoms with Gasteiger partial charge in [0, 0.05) is 30.9 Å². The van der Waals surface area contributed by atoms with Gasteiger partial charge in [0.1, 0.15) is 11.8 Å². The number of carbonyl (C=O) groups is 1. The molecule has 1 amide bonds. The van der Waals surface area contributed by atoms with Crippen molar-refractivity contribution in [2.75, 3.05) is 19.8 Å². The summed E-state index contributed by atoms with van der Waals surface area (Å²) in [7, 11) is 1.99. The van der Waals surface area contributed by atoms with E-state index in [1.165, 1.54) is 0 Å². The van der Waals surface area contributed by atoms with Gasteiger partial charge in [-0.15, -0.1) is 0 Å². The molecule has 1 aliphatic heterocycles. The molecular formula is C18H18N2O3. The molecule has 0 aliphatic carbocycles. The molecule has 1 aromatic carbocycles. The molecule has 5 nitrogen and oxygen atoms in total. The molecule has 0 N–H and O–H groups in total. The molecule has 0 radical (unpaired) electrons. The van der Waals surface area contributed by atoms with Crippen molar-refractivity contribution in [2.45, 2.75) is 6.04 Å². The molecule has 3 aromatic rings. The molecule has 23 heavy (non-hydrogen) atoms. The molecule has 0 saturated carbocycles. The number of hydrogen-bond acceptors (Lipinski definition) is 3. The van der Waals surface area contributed by atoms with E-state index in [-0.39, 0.29) is 11.9 Å². The largest absolute Gasteiger partial charge is 0.463 e. The van der Waals surface area contributed by atoms with Crippen LogP contribution in [-0.4, -0.2) is 35.1 Å². The van der Waals surface area contributed by atoms with Gasteiger partial charge < -0.3 is 18.6 Å². The minimum atomic E-state index is -0.0788. The number of amides is 1. The lowest BCUT2D eigenvalue weighted by Gasteiger charge is -2.35. The summed E-state index contributed by atoms with van der Waals surface area (Å²) < 4.78 is 13.2. The molecule has 0 spiro atoms. The van der Waals surface area contributed by atoms with Crippen LogP contribution in [0.5, 0.6) is 0 Å². The number of hydrogen-bond donors (Lipinski definition) is 0. The molecule has 1 saturated heterocycles. The first-order valence-corrected chi connectivity index (χ1v) is 7.72. The predicted molar refractivity (Wildman–Crippen MR) is 86.2 cm³/mol. The van der Waals surface area contributed by atoms with Crippen LogP contribution in [0.4, 0.5) is 0 Å². The highest BCUT2D eigenvalue weighted by Crippen LogP contribution is 2.29. The molecule has 2 aromatic heterocycles. The lowest BCUT2D eigenvalue weighted by molar-refractivity contribution is -0.00457. The van der Waals surface area contributed by atoms with Gasteiger partial charge >= 0.3 is 0 Å². The van der Waals surface area contributed by atoms with Crippen molar-refractivity contribution in [1.29, 1.82) is 0 Å². The SMILES string of the molecule is Cn1cccc1[C@@H]1COCCN1C(=O)c1coc2ccccc12. The number of para-hydroxylation sites is 1. The van der Waals surface area contributed by atoms with Gasteiger partial charge in [0.15, 0.2) is 0 Å². The number of furan rings is 1. The number of aromatic nitrogens is 1. The Morgan fingerprint density at radius 2 is 2.09 bits per heavy atom. The highest BCUT2D eigenvalue weighted by atomic mass is 16.5. The highest BCUT2D eigenvalue weighted by Gasteiger charge is 2.32. The van der Waals surface area contributed by atoms with Crippen molar-refractivity contribution in [3.8, 4) is 0 Å². The fourth-order valence-corrected chi connectivity index (χ4v) is 3.21. The standard InChI is InChI=1S/C18H18N2O3/c1-19-8-4-6-15(19)16-12-22-10-9-20(16)18(21)14-11-23-17-7-3-2-5-13(14)17/h2-8,11,16H,9-10,12H2,1H3/t16-/m0/s1. The Labute approximate surface area is 134 Å². The fraction of sp³-hybridized carbons (Fsp3) is 0.278. The minimum absolute atomic E-state index is 0.00977. The van der Waals surface area contributed by atoms with E-state index in [9.17, 15) is 4.79 Å². The third-order valence-corrected chi connectivity index (χ3v) is 4.43. The molecular weight excluding hydrogens is 292 g/mol. The van der Waals surface area contributed by atoms with Gasteiger partial charge in [-0.3, -0.25) is 4.79 Å². The van der Waals surface area contributed by atoms with Crippen molar-refractivity contribution in [3.05, 3.63) is 60.1 Å². The lowest BCUT2D eigenvalue weighted by Crippen LogP contribution is -2.44. The maximum atomic E-state index is 13.1. The third-order valence-electron chi connectivity index (χ3n) is 4.43. The molecule has 1 atom stereocenters. The van der Waals surface area contributed by atoms with Crippen LogP contribution in [0.25, 0.3) is 11.0 Å². The van der Waals surface area contributed by atoms with Crippen LogP contribution in [-0.2, 0) is 11.8 Å². The molecule has 4 rings (SSSR count). The second kappa shape index (κ2) is 5.59. The predicted octanol–water partition coefficient (Wildman–Crippen LogP) is 2.99. The van der Waals surface area contributed by atoms with Gasteiger partial charge in [0.2, 0.25) is 0 Å². The number of rotatable bonds is 2. The van der Waals surface area contributed by atoms with Gasteiger partial charge in [0.25, 0.3) is 5.91 Å². The van der Waals surface area contributed by atoms with E-state index in [4.69, 9.17) is 9.15 Å². The van der Waals surface area contributed by atoms with Crippen LogP contribution in [0.15, 0.2) is 53.3 Å². The summed E-state index contributed by atoms with van der Waals surface area (Å²) in [5, 5.41) is 0.856. The zero-order valence-corrected chi connectivity index (χ0v) is 12.9. The minimum Gasteiger partial charge on any atom is -0.463 e. The number of fused-ring (bicyclic) bond motifs is 1. The van der Waals surface area contributed by atoms with Gasteiger partial charge in [-0.1, -0.05) is 18.2 Å². The van der Waals surface area contributed by atoms with Crippen LogP contribution in [0, 0.1) is 0 Å². The van der Waals surface area contributed by atoms with E-state index in [1.807, 2.05) is 59.1 Å². The molecule has 1 fully saturated rings. The number of morpholine rings is 1. The van der Waals surface area contributed by atoms with Gasteiger partial charge in [-0.05, 0) is 18.2 Å². The van der Waals surface area contributed by atoms with E-state index in [0.29, 0.717) is 25.3 Å². The molecule has 1 aliphatic rings. The Balaban J connectivity index is 1.72. The van der Waals surface area contributed by atoms with Crippen molar-refractivity contribution in [2.24, 2.45) is 7.05 Å². The van der Waals surface area contributed by atoms with E-state index in [2.05, 4.69) is 0 Å². The summed E-state index contributed by atoms with van der Waals surface area (Å²) in [4.78, 5) is 15.0. The maximum absolute atomic E-state index is 13.1. The quantitative estimate of drug-likeness (QED) is 0.731. The highest BCUT2D eigenvalue weighted by molar-refractivity contribution is 6.06. The topological polar surface area (TPSA) is 47.6 Å². The molecule has 0 bridgehead atoms. The Morgan fingerprint density at radius 3 is 2.91 bits per heavy atom. The Hall–Kier alpha value is -2.53. The fourth-order valence-electron chi connectivity index (χ4n) is 3.21. The van der Waals surface area contributed by atoms with Gasteiger partial charge in [-0.2, -0.15) is 0 Å². The van der Waals surface area contributed by atoms with E-state index in [1.54, 1.807) is 6.26 Å². The monoisotopic (exact) mass is 310 g/mol. The van der Waals surface area contributed by atoms with Crippen LogP contribution >= 0.6 is 0 Å². The van der Waals surface area contributed by atoms with Crippen LogP contribution in [0.3, 0.4) is 0 Å². The summed E-state index contributed by atoms with van der Waals surface area (Å²) in [5.74, 6) is -0.00977. The molecule has 0 unspecified atom stereocenters. The van der Waals surface area contributed by atoms with Crippen LogP contribution in [0.1, 0.15) is 22.1 Å². The molecule has 118 valence electrons. The van der Waals surface area contributed by atoms with Crippen molar-refractivity contribution >= 4 is 16.9 Å². The van der Waals surface area contributed by atoms with Crippen LogP contribution in [0.2, 0.25) is 0 Å². The number of ether oxygens (including phenoxy) is 1. The number of carbonyl (C=O) groups excluding carboxylic acids is 1. The Bertz CT molecular complexity index is 849. The Morgan fingerprint density at radius 1 is 1.22 bits per heavy atom. The second-order valence-electron chi connectivity index (χ2n) is 5.78. The first kappa shape index (κ1) is 14.1. The van der Waals surface area contributed by atoms with E-state index in [0.717, 1.165) is 16.7 Å². The smallest absolute Gasteiger partial charge is 0.258 e. The lowest BCUT2D eigenvalue weighted by atomic mass is 10.1. The first-order chi connectivity index (χ1) is 11.3. The zero-order valence-electron chi connectivity index (χ0n) is 12.9. The van der Waals surface area contributed by atoms with Crippen molar-refractivity contribution in [3.63, 3.8) is 0 Å². The van der Waals surface area contributed by atoms with Crippen LogP contribution < -0.4 is 0 Å². The summed E-state index contributed by atoms with van der Waals surface area (Å²) in [6.45, 7) is 1.65. The Kier molecular flexibility index (Phi) is 3.42. The van der Waals surface area contributed by atoms with Crippen molar-refractivity contribution < 1.29 is 13.9 Å².